The molecular formula is C14H15N5O3. The first-order valence-corrected chi connectivity index (χ1v) is 7.12. The molecule has 1 fully saturated rings. The van der Waals surface area contributed by atoms with Crippen LogP contribution in [-0.4, -0.2) is 23.8 Å². The molecule has 22 heavy (non-hydrogen) atoms. The topological polar surface area (TPSA) is 87.8 Å². The van der Waals surface area contributed by atoms with Crippen LogP contribution in [0, 0.1) is 0 Å². The monoisotopic (exact) mass is 301 g/mol. The number of aryl methyl sites for hydroxylation is 1. The Bertz CT molecular complexity index is 986. The molecule has 114 valence electrons. The first-order valence-electron chi connectivity index (χ1n) is 7.12. The molecule has 0 aliphatic heterocycles. The molecule has 0 radical (unpaired) electrons. The van der Waals surface area contributed by atoms with E-state index in [0.29, 0.717) is 29.4 Å². The van der Waals surface area contributed by atoms with Crippen LogP contribution in [0.15, 0.2) is 26.5 Å². The summed E-state index contributed by atoms with van der Waals surface area (Å²) in [4.78, 5) is 28.4. The first kappa shape index (κ1) is 13.1. The molecule has 3 aromatic rings. The number of hydrogen-bond donors (Lipinski definition) is 0. The lowest BCUT2D eigenvalue weighted by Gasteiger charge is -2.04. The summed E-state index contributed by atoms with van der Waals surface area (Å²) < 4.78 is 9.47. The molecule has 1 aliphatic carbocycles. The van der Waals surface area contributed by atoms with E-state index in [1.165, 1.54) is 11.6 Å². The Morgan fingerprint density at radius 1 is 1.27 bits per heavy atom. The smallest absolute Gasteiger partial charge is 0.332 e. The zero-order chi connectivity index (χ0) is 15.4. The predicted molar refractivity (Wildman–Crippen MR) is 77.8 cm³/mol. The molecule has 8 nitrogen and oxygen atoms in total. The van der Waals surface area contributed by atoms with Gasteiger partial charge in [-0.05, 0) is 12.8 Å². The van der Waals surface area contributed by atoms with Gasteiger partial charge in [0.25, 0.3) is 5.56 Å². The highest BCUT2D eigenvalue weighted by molar-refractivity contribution is 5.70. The zero-order valence-corrected chi connectivity index (χ0v) is 12.3. The van der Waals surface area contributed by atoms with E-state index < -0.39 is 5.69 Å². The second-order valence-electron chi connectivity index (χ2n) is 5.74. The summed E-state index contributed by atoms with van der Waals surface area (Å²) in [6.07, 6.45) is 3.86. The van der Waals surface area contributed by atoms with E-state index in [2.05, 4.69) is 10.1 Å². The second-order valence-corrected chi connectivity index (χ2v) is 5.74. The van der Waals surface area contributed by atoms with Gasteiger partial charge in [0.15, 0.2) is 16.9 Å². The summed E-state index contributed by atoms with van der Waals surface area (Å²) in [5.41, 5.74) is 0.972. The van der Waals surface area contributed by atoms with Crippen LogP contribution in [0.2, 0.25) is 0 Å². The lowest BCUT2D eigenvalue weighted by molar-refractivity contribution is 0.372. The Morgan fingerprint density at radius 2 is 2.05 bits per heavy atom. The summed E-state index contributed by atoms with van der Waals surface area (Å²) in [5.74, 6) is 1.20. The number of rotatable bonds is 3. The Morgan fingerprint density at radius 3 is 2.77 bits per heavy atom. The van der Waals surface area contributed by atoms with Gasteiger partial charge in [-0.2, -0.15) is 0 Å². The normalized spacial score (nSPS) is 14.8. The first-order chi connectivity index (χ1) is 10.6. The summed E-state index contributed by atoms with van der Waals surface area (Å²) in [7, 11) is 3.06. The Labute approximate surface area is 124 Å². The van der Waals surface area contributed by atoms with Crippen LogP contribution < -0.4 is 11.2 Å². The van der Waals surface area contributed by atoms with E-state index in [1.54, 1.807) is 17.9 Å². The fourth-order valence-electron chi connectivity index (χ4n) is 2.66. The minimum atomic E-state index is -0.390. The maximum absolute atomic E-state index is 12.3. The van der Waals surface area contributed by atoms with E-state index >= 15 is 0 Å². The lowest BCUT2D eigenvalue weighted by Crippen LogP contribution is -2.37. The van der Waals surface area contributed by atoms with Gasteiger partial charge < -0.3 is 9.09 Å². The lowest BCUT2D eigenvalue weighted by atomic mass is 10.3. The van der Waals surface area contributed by atoms with Crippen molar-refractivity contribution in [2.45, 2.75) is 25.3 Å². The average Bonchev–Trinajstić information content (AvgIpc) is 3.12. The molecule has 0 bridgehead atoms. The minimum absolute atomic E-state index is 0.363. The van der Waals surface area contributed by atoms with Gasteiger partial charge >= 0.3 is 5.69 Å². The van der Waals surface area contributed by atoms with Gasteiger partial charge in [0.05, 0.1) is 18.6 Å². The van der Waals surface area contributed by atoms with Crippen molar-refractivity contribution >= 4 is 11.2 Å². The molecule has 0 aromatic carbocycles. The quantitative estimate of drug-likeness (QED) is 0.696. The summed E-state index contributed by atoms with van der Waals surface area (Å²) in [6, 6.07) is 1.93. The third kappa shape index (κ3) is 1.83. The maximum Gasteiger partial charge on any atom is 0.332 e. The molecule has 1 aliphatic rings. The molecule has 0 saturated heterocycles. The Balaban J connectivity index is 1.81. The van der Waals surface area contributed by atoms with Crippen LogP contribution in [0.4, 0.5) is 0 Å². The van der Waals surface area contributed by atoms with Gasteiger partial charge in [-0.3, -0.25) is 13.9 Å². The molecule has 3 aromatic heterocycles. The van der Waals surface area contributed by atoms with Crippen molar-refractivity contribution < 1.29 is 4.52 Å². The molecule has 0 N–H and O–H groups in total. The van der Waals surface area contributed by atoms with Crippen molar-refractivity contribution in [1.29, 1.82) is 0 Å². The highest BCUT2D eigenvalue weighted by Gasteiger charge is 2.27. The standard InChI is InChI=1S/C14H15N5O3/c1-17-12-11(13(20)18(2)14(17)21)19(7-15-12)6-9-5-10(16-22-9)8-3-4-8/h5,7-8H,3-4,6H2,1-2H3. The molecule has 4 rings (SSSR count). The van der Waals surface area contributed by atoms with Crippen LogP contribution >= 0.6 is 0 Å². The van der Waals surface area contributed by atoms with Crippen molar-refractivity contribution in [2.75, 3.05) is 0 Å². The summed E-state index contributed by atoms with van der Waals surface area (Å²) in [5, 5.41) is 4.06. The van der Waals surface area contributed by atoms with Crippen LogP contribution in [0.25, 0.3) is 11.2 Å². The fourth-order valence-corrected chi connectivity index (χ4v) is 2.66. The van der Waals surface area contributed by atoms with Crippen molar-refractivity contribution in [3.8, 4) is 0 Å². The molecule has 8 heteroatoms. The minimum Gasteiger partial charge on any atom is -0.359 e. The molecule has 0 atom stereocenters. The van der Waals surface area contributed by atoms with Gasteiger partial charge in [0.1, 0.15) is 0 Å². The SMILES string of the molecule is Cn1c(=O)c2c(ncn2Cc2cc(C3CC3)no2)n(C)c1=O. The Kier molecular flexibility index (Phi) is 2.63. The highest BCUT2D eigenvalue weighted by Crippen LogP contribution is 2.39. The highest BCUT2D eigenvalue weighted by atomic mass is 16.5. The molecule has 0 amide bonds. The maximum atomic E-state index is 12.3. The summed E-state index contributed by atoms with van der Waals surface area (Å²) >= 11 is 0. The van der Waals surface area contributed by atoms with E-state index in [1.807, 2.05) is 6.07 Å². The van der Waals surface area contributed by atoms with Gasteiger partial charge in [-0.1, -0.05) is 5.16 Å². The molecule has 0 spiro atoms. The van der Waals surface area contributed by atoms with Crippen molar-refractivity contribution in [3.63, 3.8) is 0 Å². The number of nitrogens with zero attached hydrogens (tertiary/aromatic N) is 5. The molecule has 1 saturated carbocycles. The van der Waals surface area contributed by atoms with Gasteiger partial charge in [0, 0.05) is 26.1 Å². The molecular weight excluding hydrogens is 286 g/mol. The zero-order valence-electron chi connectivity index (χ0n) is 12.3. The second kappa shape index (κ2) is 4.43. The molecule has 0 unspecified atom stereocenters. The number of imidazole rings is 1. The van der Waals surface area contributed by atoms with Crippen molar-refractivity contribution in [3.05, 3.63) is 44.7 Å². The third-order valence-corrected chi connectivity index (χ3v) is 4.12. The van der Waals surface area contributed by atoms with Gasteiger partial charge in [-0.25, -0.2) is 9.78 Å². The predicted octanol–water partition coefficient (Wildman–Crippen LogP) is 0.347. The Hall–Kier alpha value is -2.64. The van der Waals surface area contributed by atoms with E-state index in [-0.39, 0.29) is 5.56 Å². The fraction of sp³-hybridized carbons (Fsp3) is 0.429. The van der Waals surface area contributed by atoms with Gasteiger partial charge in [-0.15, -0.1) is 0 Å². The van der Waals surface area contributed by atoms with Crippen LogP contribution in [-0.2, 0) is 20.6 Å². The largest absolute Gasteiger partial charge is 0.359 e. The number of hydrogen-bond acceptors (Lipinski definition) is 5. The van der Waals surface area contributed by atoms with Crippen molar-refractivity contribution in [1.82, 2.24) is 23.8 Å². The van der Waals surface area contributed by atoms with E-state index in [4.69, 9.17) is 4.52 Å². The molecule has 3 heterocycles. The average molecular weight is 301 g/mol. The van der Waals surface area contributed by atoms with Crippen LogP contribution in [0.3, 0.4) is 0 Å². The van der Waals surface area contributed by atoms with Crippen molar-refractivity contribution in [2.24, 2.45) is 14.1 Å². The van der Waals surface area contributed by atoms with Crippen LogP contribution in [0.1, 0.15) is 30.2 Å². The van der Waals surface area contributed by atoms with Crippen LogP contribution in [0.5, 0.6) is 0 Å². The van der Waals surface area contributed by atoms with E-state index in [9.17, 15) is 9.59 Å². The van der Waals surface area contributed by atoms with Gasteiger partial charge in [0.2, 0.25) is 0 Å². The number of aromatic nitrogens is 5. The third-order valence-electron chi connectivity index (χ3n) is 4.12. The van der Waals surface area contributed by atoms with E-state index in [0.717, 1.165) is 23.1 Å². The summed E-state index contributed by atoms with van der Waals surface area (Å²) in [6.45, 7) is 0.365. The number of fused-ring (bicyclic) bond motifs is 1.